The predicted octanol–water partition coefficient (Wildman–Crippen LogP) is 1.51. The first-order valence-corrected chi connectivity index (χ1v) is 11.0. The summed E-state index contributed by atoms with van der Waals surface area (Å²) in [6.07, 6.45) is -4.80. The first kappa shape index (κ1) is 29.9. The third-order valence-corrected chi connectivity index (χ3v) is 5.87. The van der Waals surface area contributed by atoms with Crippen LogP contribution in [-0.2, 0) is 20.8 Å². The summed E-state index contributed by atoms with van der Waals surface area (Å²) in [5, 5.41) is 22.7. The number of aromatic nitrogens is 2. The number of hydrogen-bond donors (Lipinski definition) is 3. The van der Waals surface area contributed by atoms with Crippen LogP contribution in [0.1, 0.15) is 39.7 Å². The second-order valence-electron chi connectivity index (χ2n) is 8.37. The number of amides is 2. The van der Waals surface area contributed by atoms with E-state index in [4.69, 9.17) is 15.0 Å². The number of piperazine rings is 1. The van der Waals surface area contributed by atoms with Crippen molar-refractivity contribution in [3.63, 3.8) is 0 Å². The summed E-state index contributed by atoms with van der Waals surface area (Å²) in [5.74, 6) is -5.75. The smallest absolute Gasteiger partial charge is 0.480 e. The van der Waals surface area contributed by atoms with Crippen LogP contribution in [0.25, 0.3) is 0 Å². The van der Waals surface area contributed by atoms with Crippen molar-refractivity contribution in [1.82, 2.24) is 20.0 Å². The van der Waals surface area contributed by atoms with Crippen LogP contribution in [0.2, 0.25) is 0 Å². The molecule has 1 unspecified atom stereocenters. The van der Waals surface area contributed by atoms with E-state index in [-0.39, 0.29) is 37.2 Å². The van der Waals surface area contributed by atoms with Crippen LogP contribution < -0.4 is 5.56 Å². The molecule has 2 heterocycles. The fraction of sp³-hybridized carbons (Fsp3) is 0.391. The Morgan fingerprint density at radius 3 is 2.24 bits per heavy atom. The van der Waals surface area contributed by atoms with E-state index < -0.39 is 41.8 Å². The van der Waals surface area contributed by atoms with E-state index in [9.17, 15) is 36.7 Å². The lowest BCUT2D eigenvalue weighted by Gasteiger charge is -2.36. The van der Waals surface area contributed by atoms with Gasteiger partial charge in [0.15, 0.2) is 0 Å². The Hall–Kier alpha value is -4.30. The third kappa shape index (κ3) is 7.14. The molecule has 1 atom stereocenters. The minimum atomic E-state index is -5.08. The number of nitrogens with zero attached hydrogens (tertiary/aromatic N) is 3. The molecule has 0 aliphatic carbocycles. The lowest BCUT2D eigenvalue weighted by molar-refractivity contribution is -0.192. The van der Waals surface area contributed by atoms with Gasteiger partial charge in [0.2, 0.25) is 5.91 Å². The summed E-state index contributed by atoms with van der Waals surface area (Å²) in [6, 6.07) is 3.13. The van der Waals surface area contributed by atoms with Gasteiger partial charge in [-0.1, -0.05) is 6.07 Å². The van der Waals surface area contributed by atoms with Crippen LogP contribution in [-0.4, -0.2) is 85.8 Å². The van der Waals surface area contributed by atoms with E-state index in [1.165, 1.54) is 34.9 Å². The Kier molecular flexibility index (Phi) is 9.32. The number of nitrogens with one attached hydrogen (secondary N) is 1. The topological polar surface area (TPSA) is 161 Å². The average molecular weight is 544 g/mol. The standard InChI is InChI=1S/C21H23FN4O5.C2HF3O2/c1-11-12(2)19(28)24-23-17(11)9-14-4-5-16(22)15(8-14)20(29)25-6-7-26(18(27)10-25)13(3)21(30)31;3-2(4,5)1(6)7/h4-5,8,13H,6-7,9-10H2,1-3H3,(H,24,28)(H,30,31);(H,6,7). The van der Waals surface area contributed by atoms with Gasteiger partial charge in [-0.25, -0.2) is 19.1 Å². The van der Waals surface area contributed by atoms with Crippen molar-refractivity contribution in [1.29, 1.82) is 0 Å². The first-order valence-electron chi connectivity index (χ1n) is 11.0. The summed E-state index contributed by atoms with van der Waals surface area (Å²) in [7, 11) is 0. The van der Waals surface area contributed by atoms with E-state index in [0.717, 1.165) is 5.56 Å². The first-order chi connectivity index (χ1) is 17.5. The van der Waals surface area contributed by atoms with Gasteiger partial charge in [0.05, 0.1) is 11.3 Å². The minimum absolute atomic E-state index is 0.0547. The predicted molar refractivity (Wildman–Crippen MR) is 122 cm³/mol. The van der Waals surface area contributed by atoms with Gasteiger partial charge >= 0.3 is 18.1 Å². The van der Waals surface area contributed by atoms with Crippen LogP contribution >= 0.6 is 0 Å². The SMILES string of the molecule is Cc1c(Cc2ccc(F)c(C(=O)N3CCN(C(C)C(=O)O)C(=O)C3)c2)n[nH]c(=O)c1C.O=C(O)C(F)(F)F. The molecule has 3 rings (SSSR count). The van der Waals surface area contributed by atoms with Crippen molar-refractivity contribution in [2.75, 3.05) is 19.6 Å². The molecule has 0 bridgehead atoms. The average Bonchev–Trinajstić information content (AvgIpc) is 2.84. The van der Waals surface area contributed by atoms with Gasteiger partial charge in [-0.2, -0.15) is 18.3 Å². The molecule has 38 heavy (non-hydrogen) atoms. The molecule has 1 aromatic carbocycles. The molecule has 3 N–H and O–H groups in total. The number of hydrogen-bond acceptors (Lipinski definition) is 6. The van der Waals surface area contributed by atoms with Crippen molar-refractivity contribution >= 4 is 23.8 Å². The second kappa shape index (κ2) is 11.8. The molecule has 1 saturated heterocycles. The maximum Gasteiger partial charge on any atom is 0.490 e. The van der Waals surface area contributed by atoms with Gasteiger partial charge < -0.3 is 20.0 Å². The number of rotatable bonds is 5. The van der Waals surface area contributed by atoms with Gasteiger partial charge in [0, 0.05) is 25.1 Å². The number of halogens is 4. The van der Waals surface area contributed by atoms with Crippen molar-refractivity contribution in [3.05, 3.63) is 62.3 Å². The lowest BCUT2D eigenvalue weighted by atomic mass is 10.0. The van der Waals surface area contributed by atoms with Gasteiger partial charge in [-0.15, -0.1) is 0 Å². The molecule has 1 fully saturated rings. The van der Waals surface area contributed by atoms with Gasteiger partial charge in [-0.05, 0) is 44.0 Å². The highest BCUT2D eigenvalue weighted by molar-refractivity contribution is 5.98. The molecule has 206 valence electrons. The molecule has 1 aliphatic heterocycles. The lowest BCUT2D eigenvalue weighted by Crippen LogP contribution is -2.56. The third-order valence-electron chi connectivity index (χ3n) is 5.87. The fourth-order valence-electron chi connectivity index (χ4n) is 3.46. The van der Waals surface area contributed by atoms with Crippen LogP contribution in [0.15, 0.2) is 23.0 Å². The van der Waals surface area contributed by atoms with Crippen LogP contribution in [0, 0.1) is 19.7 Å². The molecule has 0 radical (unpaired) electrons. The second-order valence-corrected chi connectivity index (χ2v) is 8.37. The highest BCUT2D eigenvalue weighted by Crippen LogP contribution is 2.19. The molecule has 2 amide bonds. The number of carboxylic acids is 2. The molecule has 2 aromatic rings. The quantitative estimate of drug-likeness (QED) is 0.478. The normalized spacial score (nSPS) is 14.4. The maximum absolute atomic E-state index is 14.4. The number of carbonyl (C=O) groups is 4. The van der Waals surface area contributed by atoms with E-state index in [1.54, 1.807) is 13.8 Å². The minimum Gasteiger partial charge on any atom is -0.480 e. The van der Waals surface area contributed by atoms with Crippen LogP contribution in [0.4, 0.5) is 17.6 Å². The Balaban J connectivity index is 0.000000638. The molecule has 1 aromatic heterocycles. The monoisotopic (exact) mass is 544 g/mol. The Bertz CT molecular complexity index is 1310. The Labute approximate surface area is 212 Å². The van der Waals surface area contributed by atoms with Gasteiger partial charge in [0.25, 0.3) is 11.5 Å². The summed E-state index contributed by atoms with van der Waals surface area (Å²) < 4.78 is 46.2. The number of benzene rings is 1. The van der Waals surface area contributed by atoms with Crippen molar-refractivity contribution in [2.24, 2.45) is 0 Å². The molecule has 0 saturated carbocycles. The zero-order valence-corrected chi connectivity index (χ0v) is 20.4. The van der Waals surface area contributed by atoms with Crippen molar-refractivity contribution < 1.29 is 47.0 Å². The summed E-state index contributed by atoms with van der Waals surface area (Å²) in [4.78, 5) is 59.3. The highest BCUT2D eigenvalue weighted by atomic mass is 19.4. The van der Waals surface area contributed by atoms with E-state index in [1.807, 2.05) is 0 Å². The summed E-state index contributed by atoms with van der Waals surface area (Å²) in [6.45, 7) is 4.69. The zero-order chi connectivity index (χ0) is 28.9. The van der Waals surface area contributed by atoms with Crippen molar-refractivity contribution in [2.45, 2.75) is 39.4 Å². The number of aliphatic carboxylic acids is 2. The Morgan fingerprint density at radius 2 is 1.71 bits per heavy atom. The fourth-order valence-corrected chi connectivity index (χ4v) is 3.46. The molecule has 1 aliphatic rings. The molecule has 15 heteroatoms. The molecule has 0 spiro atoms. The molecular formula is C23H24F4N4O7. The Morgan fingerprint density at radius 1 is 1.11 bits per heavy atom. The maximum atomic E-state index is 14.4. The van der Waals surface area contributed by atoms with E-state index in [0.29, 0.717) is 16.8 Å². The highest BCUT2D eigenvalue weighted by Gasteiger charge is 2.38. The number of carboxylic acid groups (broad SMARTS) is 2. The number of alkyl halides is 3. The summed E-state index contributed by atoms with van der Waals surface area (Å²) >= 11 is 0. The van der Waals surface area contributed by atoms with E-state index >= 15 is 0 Å². The van der Waals surface area contributed by atoms with Crippen LogP contribution in [0.3, 0.4) is 0 Å². The van der Waals surface area contributed by atoms with E-state index in [2.05, 4.69) is 10.2 Å². The molecule has 11 nitrogen and oxygen atoms in total. The number of aromatic amines is 1. The van der Waals surface area contributed by atoms with Gasteiger partial charge in [0.1, 0.15) is 18.4 Å². The summed E-state index contributed by atoms with van der Waals surface area (Å²) in [5.41, 5.74) is 2.02. The zero-order valence-electron chi connectivity index (χ0n) is 20.4. The van der Waals surface area contributed by atoms with Gasteiger partial charge in [-0.3, -0.25) is 14.4 Å². The molecular weight excluding hydrogens is 520 g/mol. The van der Waals surface area contributed by atoms with Crippen LogP contribution in [0.5, 0.6) is 0 Å². The van der Waals surface area contributed by atoms with Crippen molar-refractivity contribution in [3.8, 4) is 0 Å². The number of H-pyrrole nitrogens is 1. The number of carbonyl (C=O) groups excluding carboxylic acids is 2. The largest absolute Gasteiger partial charge is 0.490 e.